The summed E-state index contributed by atoms with van der Waals surface area (Å²) < 4.78 is 28.4. The SMILES string of the molecule is C=CC(=O)N1CC[C@H](N(C)S(=O)(=O)c2cc3ccccc3s2)C1. The molecule has 0 bridgehead atoms. The summed E-state index contributed by atoms with van der Waals surface area (Å²) in [5, 5.41) is 0.930. The molecule has 1 aromatic heterocycles. The molecule has 3 rings (SSSR count). The molecule has 1 aliphatic rings. The van der Waals surface area contributed by atoms with Gasteiger partial charge in [-0.1, -0.05) is 24.8 Å². The second-order valence-corrected chi connectivity index (χ2v) is 8.86. The summed E-state index contributed by atoms with van der Waals surface area (Å²) in [5.41, 5.74) is 0. The molecule has 5 nitrogen and oxygen atoms in total. The van der Waals surface area contributed by atoms with Crippen molar-refractivity contribution in [3.63, 3.8) is 0 Å². The normalized spacial score (nSPS) is 18.7. The predicted octanol–water partition coefficient (Wildman–Crippen LogP) is 2.31. The van der Waals surface area contributed by atoms with E-state index >= 15 is 0 Å². The van der Waals surface area contributed by atoms with Gasteiger partial charge in [0, 0.05) is 30.9 Å². The molecule has 1 saturated heterocycles. The fraction of sp³-hybridized carbons (Fsp3) is 0.312. The van der Waals surface area contributed by atoms with Crippen LogP contribution >= 0.6 is 11.3 Å². The Morgan fingerprint density at radius 2 is 2.17 bits per heavy atom. The van der Waals surface area contributed by atoms with E-state index in [9.17, 15) is 13.2 Å². The highest BCUT2D eigenvalue weighted by Crippen LogP contribution is 2.32. The second kappa shape index (κ2) is 6.07. The van der Waals surface area contributed by atoms with Crippen LogP contribution in [-0.2, 0) is 14.8 Å². The Balaban J connectivity index is 1.84. The molecule has 1 atom stereocenters. The van der Waals surface area contributed by atoms with Crippen molar-refractivity contribution >= 4 is 37.4 Å². The zero-order chi connectivity index (χ0) is 16.6. The third-order valence-electron chi connectivity index (χ3n) is 4.20. The monoisotopic (exact) mass is 350 g/mol. The summed E-state index contributed by atoms with van der Waals surface area (Å²) in [6.07, 6.45) is 1.91. The van der Waals surface area contributed by atoms with Crippen LogP contribution in [0.5, 0.6) is 0 Å². The lowest BCUT2D eigenvalue weighted by Crippen LogP contribution is -2.39. The molecule has 122 valence electrons. The highest BCUT2D eigenvalue weighted by molar-refractivity contribution is 7.91. The number of likely N-dealkylation sites (tertiary alicyclic amines) is 1. The molecular weight excluding hydrogens is 332 g/mol. The van der Waals surface area contributed by atoms with Gasteiger partial charge >= 0.3 is 0 Å². The molecule has 1 amide bonds. The Bertz CT molecular complexity index is 824. The zero-order valence-electron chi connectivity index (χ0n) is 12.8. The molecular formula is C16H18N2O3S2. The minimum atomic E-state index is -3.55. The van der Waals surface area contributed by atoms with Crippen molar-refractivity contribution in [3.8, 4) is 0 Å². The van der Waals surface area contributed by atoms with Crippen molar-refractivity contribution in [2.45, 2.75) is 16.7 Å². The summed E-state index contributed by atoms with van der Waals surface area (Å²) in [4.78, 5) is 13.3. The average Bonchev–Trinajstić information content (AvgIpc) is 3.20. The molecule has 2 aromatic rings. The molecule has 1 aliphatic heterocycles. The Labute approximate surface area is 139 Å². The second-order valence-electron chi connectivity index (χ2n) is 5.56. The van der Waals surface area contributed by atoms with Crippen molar-refractivity contribution in [1.82, 2.24) is 9.21 Å². The standard InChI is InChI=1S/C16H18N2O3S2/c1-3-15(19)18-9-8-13(11-18)17(2)23(20,21)16-10-12-6-4-5-7-14(12)22-16/h3-7,10,13H,1,8-9,11H2,2H3/t13-/m0/s1. The van der Waals surface area contributed by atoms with E-state index in [4.69, 9.17) is 0 Å². The van der Waals surface area contributed by atoms with E-state index in [1.165, 1.54) is 21.7 Å². The molecule has 0 spiro atoms. The van der Waals surface area contributed by atoms with Gasteiger partial charge < -0.3 is 4.90 Å². The van der Waals surface area contributed by atoms with Crippen LogP contribution in [0.3, 0.4) is 0 Å². The third-order valence-corrected chi connectivity index (χ3v) is 7.68. The number of rotatable bonds is 4. The van der Waals surface area contributed by atoms with Gasteiger partial charge in [-0.05, 0) is 30.0 Å². The van der Waals surface area contributed by atoms with E-state index in [1.54, 1.807) is 18.0 Å². The number of benzene rings is 1. The number of sulfonamides is 1. The van der Waals surface area contributed by atoms with Crippen LogP contribution in [0.25, 0.3) is 10.1 Å². The average molecular weight is 350 g/mol. The van der Waals surface area contributed by atoms with E-state index < -0.39 is 10.0 Å². The first-order valence-electron chi connectivity index (χ1n) is 7.31. The van der Waals surface area contributed by atoms with Gasteiger partial charge in [0.05, 0.1) is 0 Å². The van der Waals surface area contributed by atoms with Gasteiger partial charge in [0.25, 0.3) is 10.0 Å². The molecule has 0 aliphatic carbocycles. The van der Waals surface area contributed by atoms with Crippen molar-refractivity contribution in [2.75, 3.05) is 20.1 Å². The van der Waals surface area contributed by atoms with Crippen LogP contribution in [-0.4, -0.2) is 49.7 Å². The third kappa shape index (κ3) is 2.91. The van der Waals surface area contributed by atoms with Gasteiger partial charge in [0.2, 0.25) is 5.91 Å². The maximum absolute atomic E-state index is 12.8. The number of amides is 1. The van der Waals surface area contributed by atoms with E-state index in [1.807, 2.05) is 24.3 Å². The number of carbonyl (C=O) groups excluding carboxylic acids is 1. The van der Waals surface area contributed by atoms with Crippen LogP contribution in [0, 0.1) is 0 Å². The Hall–Kier alpha value is -1.70. The van der Waals surface area contributed by atoms with Gasteiger partial charge in [0.1, 0.15) is 4.21 Å². The van der Waals surface area contributed by atoms with Gasteiger partial charge in [0.15, 0.2) is 0 Å². The summed E-state index contributed by atoms with van der Waals surface area (Å²) in [6, 6.07) is 9.13. The van der Waals surface area contributed by atoms with Crippen LogP contribution in [0.15, 0.2) is 47.2 Å². The number of hydrogen-bond donors (Lipinski definition) is 0. The number of likely N-dealkylation sites (N-methyl/N-ethyl adjacent to an activating group) is 1. The van der Waals surface area contributed by atoms with Crippen molar-refractivity contribution in [1.29, 1.82) is 0 Å². The quantitative estimate of drug-likeness (QED) is 0.795. The Morgan fingerprint density at radius 3 is 2.87 bits per heavy atom. The lowest BCUT2D eigenvalue weighted by molar-refractivity contribution is -0.125. The Kier molecular flexibility index (Phi) is 4.27. The van der Waals surface area contributed by atoms with Crippen LogP contribution in [0.4, 0.5) is 0 Å². The number of nitrogens with zero attached hydrogens (tertiary/aromatic N) is 2. The van der Waals surface area contributed by atoms with Crippen molar-refractivity contribution in [3.05, 3.63) is 43.0 Å². The van der Waals surface area contributed by atoms with Crippen molar-refractivity contribution in [2.24, 2.45) is 0 Å². The number of fused-ring (bicyclic) bond motifs is 1. The topological polar surface area (TPSA) is 57.7 Å². The fourth-order valence-corrected chi connectivity index (χ4v) is 5.75. The van der Waals surface area contributed by atoms with Crippen molar-refractivity contribution < 1.29 is 13.2 Å². The zero-order valence-corrected chi connectivity index (χ0v) is 14.4. The van der Waals surface area contributed by atoms with E-state index in [2.05, 4.69) is 6.58 Å². The minimum absolute atomic E-state index is 0.153. The predicted molar refractivity (Wildman–Crippen MR) is 92.0 cm³/mol. The smallest absolute Gasteiger partial charge is 0.252 e. The van der Waals surface area contributed by atoms with E-state index in [0.29, 0.717) is 23.7 Å². The minimum Gasteiger partial charge on any atom is -0.338 e. The summed E-state index contributed by atoms with van der Waals surface area (Å²) in [6.45, 7) is 4.44. The van der Waals surface area contributed by atoms with Gasteiger partial charge in [-0.2, -0.15) is 4.31 Å². The van der Waals surface area contributed by atoms with E-state index in [0.717, 1.165) is 10.1 Å². The highest BCUT2D eigenvalue weighted by Gasteiger charge is 2.35. The molecule has 23 heavy (non-hydrogen) atoms. The number of thiophene rings is 1. The first-order valence-corrected chi connectivity index (χ1v) is 9.57. The molecule has 0 unspecified atom stereocenters. The first-order chi connectivity index (χ1) is 10.9. The van der Waals surface area contributed by atoms with Gasteiger partial charge in [-0.25, -0.2) is 8.42 Å². The molecule has 0 N–H and O–H groups in total. The van der Waals surface area contributed by atoms with Crippen LogP contribution in [0.2, 0.25) is 0 Å². The first kappa shape index (κ1) is 16.2. The molecule has 7 heteroatoms. The van der Waals surface area contributed by atoms with Crippen LogP contribution < -0.4 is 0 Å². The molecule has 0 saturated carbocycles. The van der Waals surface area contributed by atoms with E-state index in [-0.39, 0.29) is 11.9 Å². The largest absolute Gasteiger partial charge is 0.338 e. The maximum atomic E-state index is 12.8. The van der Waals surface area contributed by atoms with Gasteiger partial charge in [-0.3, -0.25) is 4.79 Å². The Morgan fingerprint density at radius 1 is 1.43 bits per heavy atom. The maximum Gasteiger partial charge on any atom is 0.252 e. The molecule has 2 heterocycles. The highest BCUT2D eigenvalue weighted by atomic mass is 32.2. The summed E-state index contributed by atoms with van der Waals surface area (Å²) in [5.74, 6) is -0.153. The lowest BCUT2D eigenvalue weighted by atomic mass is 10.3. The van der Waals surface area contributed by atoms with Crippen LogP contribution in [0.1, 0.15) is 6.42 Å². The molecule has 1 aromatic carbocycles. The molecule has 1 fully saturated rings. The molecule has 0 radical (unpaired) electrons. The van der Waals surface area contributed by atoms with Gasteiger partial charge in [-0.15, -0.1) is 11.3 Å². The summed E-state index contributed by atoms with van der Waals surface area (Å²) in [7, 11) is -1.96. The summed E-state index contributed by atoms with van der Waals surface area (Å²) >= 11 is 1.28. The fourth-order valence-electron chi connectivity index (χ4n) is 2.79. The number of hydrogen-bond acceptors (Lipinski definition) is 4. The number of carbonyl (C=O) groups is 1. The lowest BCUT2D eigenvalue weighted by Gasteiger charge is -2.23.